The number of rotatable bonds is 73. The number of allylic oxidation sites excluding steroid dienone is 22. The monoisotopic (exact) mass is 1470 g/mol. The first-order valence-corrected chi connectivity index (χ1v) is 42.4. The first-order chi connectivity index (χ1) is 49.7. The topological polar surface area (TPSA) is 237 Å². The van der Waals surface area contributed by atoms with E-state index in [1.54, 1.807) is 0 Å². The van der Waals surface area contributed by atoms with Gasteiger partial charge >= 0.3 is 39.5 Å². The molecule has 0 aromatic heterocycles. The molecule has 0 heterocycles. The third-order valence-electron chi connectivity index (χ3n) is 16.1. The van der Waals surface area contributed by atoms with E-state index in [9.17, 15) is 43.2 Å². The first kappa shape index (κ1) is 97.2. The number of hydrogen-bond donors (Lipinski definition) is 3. The van der Waals surface area contributed by atoms with Crippen LogP contribution in [0.2, 0.25) is 0 Å². The highest BCUT2D eigenvalue weighted by Crippen LogP contribution is 2.45. The average Bonchev–Trinajstić information content (AvgIpc) is 0.939. The van der Waals surface area contributed by atoms with Crippen LogP contribution >= 0.6 is 15.6 Å². The van der Waals surface area contributed by atoms with Crippen molar-refractivity contribution in [2.75, 3.05) is 39.6 Å². The highest BCUT2D eigenvalue weighted by Gasteiger charge is 2.30. The number of carbonyl (C=O) groups excluding carboxylic acids is 4. The van der Waals surface area contributed by atoms with Gasteiger partial charge in [-0.3, -0.25) is 37.3 Å². The average molecular weight is 1470 g/mol. The summed E-state index contributed by atoms with van der Waals surface area (Å²) in [6.07, 6.45) is 82.9. The molecule has 584 valence electrons. The Hall–Kier alpha value is -4.80. The maximum Gasteiger partial charge on any atom is 0.472 e. The second-order valence-corrected chi connectivity index (χ2v) is 28.8. The zero-order chi connectivity index (χ0) is 74.6. The predicted molar refractivity (Wildman–Crippen MR) is 418 cm³/mol. The fourth-order valence-corrected chi connectivity index (χ4v) is 11.7. The van der Waals surface area contributed by atoms with Crippen molar-refractivity contribution in [1.82, 2.24) is 0 Å². The summed E-state index contributed by atoms with van der Waals surface area (Å²) in [5, 5.41) is 10.6. The van der Waals surface area contributed by atoms with Gasteiger partial charge in [0, 0.05) is 25.7 Å². The third kappa shape index (κ3) is 73.5. The zero-order valence-corrected chi connectivity index (χ0v) is 65.5. The molecule has 0 saturated carbocycles. The Morgan fingerprint density at radius 2 is 0.520 bits per heavy atom. The number of carbonyl (C=O) groups is 4. The number of phosphoric ester groups is 2. The third-order valence-corrected chi connectivity index (χ3v) is 18.0. The van der Waals surface area contributed by atoms with Gasteiger partial charge in [0.25, 0.3) is 0 Å². The number of hydrogen-bond acceptors (Lipinski definition) is 15. The van der Waals surface area contributed by atoms with Crippen LogP contribution in [0, 0.1) is 0 Å². The number of aliphatic hydroxyl groups excluding tert-OH is 1. The maximum absolute atomic E-state index is 13.1. The molecule has 0 saturated heterocycles. The lowest BCUT2D eigenvalue weighted by molar-refractivity contribution is -0.161. The van der Waals surface area contributed by atoms with Crippen LogP contribution in [0.3, 0.4) is 0 Å². The Morgan fingerprint density at radius 3 is 0.853 bits per heavy atom. The minimum Gasteiger partial charge on any atom is -0.462 e. The first-order valence-electron chi connectivity index (χ1n) is 39.4. The van der Waals surface area contributed by atoms with Crippen molar-refractivity contribution in [1.29, 1.82) is 0 Å². The second kappa shape index (κ2) is 74.5. The molecule has 5 atom stereocenters. The molecule has 0 aromatic carbocycles. The second-order valence-electron chi connectivity index (χ2n) is 25.9. The molecule has 0 radical (unpaired) electrons. The highest BCUT2D eigenvalue weighted by molar-refractivity contribution is 7.47. The summed E-state index contributed by atoms with van der Waals surface area (Å²) < 4.78 is 68.5. The molecular weight excluding hydrogens is 1330 g/mol. The van der Waals surface area contributed by atoms with Gasteiger partial charge in [-0.15, -0.1) is 0 Å². The lowest BCUT2D eigenvalue weighted by Gasteiger charge is -2.21. The lowest BCUT2D eigenvalue weighted by Crippen LogP contribution is -2.30. The van der Waals surface area contributed by atoms with Crippen LogP contribution in [0.5, 0.6) is 0 Å². The van der Waals surface area contributed by atoms with Crippen molar-refractivity contribution in [3.8, 4) is 0 Å². The van der Waals surface area contributed by atoms with Gasteiger partial charge in [-0.1, -0.05) is 264 Å². The van der Waals surface area contributed by atoms with Crippen LogP contribution in [-0.2, 0) is 65.4 Å². The summed E-state index contributed by atoms with van der Waals surface area (Å²) in [6.45, 7) is 4.52. The number of aliphatic hydroxyl groups is 1. The van der Waals surface area contributed by atoms with Gasteiger partial charge < -0.3 is 33.8 Å². The van der Waals surface area contributed by atoms with Gasteiger partial charge in [0.2, 0.25) is 0 Å². The number of ether oxygens (including phenoxy) is 4. The largest absolute Gasteiger partial charge is 0.472 e. The summed E-state index contributed by atoms with van der Waals surface area (Å²) >= 11 is 0. The van der Waals surface area contributed by atoms with E-state index >= 15 is 0 Å². The van der Waals surface area contributed by atoms with E-state index in [0.29, 0.717) is 32.1 Å². The lowest BCUT2D eigenvalue weighted by atomic mass is 10.1. The summed E-state index contributed by atoms with van der Waals surface area (Å²) in [6, 6.07) is 0. The van der Waals surface area contributed by atoms with Gasteiger partial charge in [-0.2, -0.15) is 0 Å². The van der Waals surface area contributed by atoms with Crippen molar-refractivity contribution in [3.63, 3.8) is 0 Å². The molecule has 0 spiro atoms. The molecule has 0 aliphatic rings. The summed E-state index contributed by atoms with van der Waals surface area (Å²) in [7, 11) is -9.98. The Balaban J connectivity index is 5.42. The molecule has 0 aromatic rings. The maximum atomic E-state index is 13.1. The number of phosphoric acid groups is 2. The van der Waals surface area contributed by atoms with Crippen LogP contribution in [0.15, 0.2) is 134 Å². The van der Waals surface area contributed by atoms with E-state index in [4.69, 9.17) is 37.0 Å². The van der Waals surface area contributed by atoms with E-state index in [0.717, 1.165) is 180 Å². The van der Waals surface area contributed by atoms with Crippen molar-refractivity contribution in [2.24, 2.45) is 0 Å². The molecule has 3 N–H and O–H groups in total. The van der Waals surface area contributed by atoms with Gasteiger partial charge in [0.15, 0.2) is 12.2 Å². The van der Waals surface area contributed by atoms with E-state index < -0.39 is 97.5 Å². The fraction of sp³-hybridized carbons (Fsp3) is 0.687. The van der Waals surface area contributed by atoms with Gasteiger partial charge in [-0.25, -0.2) is 9.13 Å². The zero-order valence-electron chi connectivity index (χ0n) is 63.7. The Bertz CT molecular complexity index is 2460. The predicted octanol–water partition coefficient (Wildman–Crippen LogP) is 22.9. The van der Waals surface area contributed by atoms with Crippen molar-refractivity contribution in [3.05, 3.63) is 134 Å². The Morgan fingerprint density at radius 1 is 0.284 bits per heavy atom. The van der Waals surface area contributed by atoms with Crippen molar-refractivity contribution < 1.29 is 80.2 Å². The molecule has 5 unspecified atom stereocenters. The van der Waals surface area contributed by atoms with E-state index in [1.165, 1.54) is 44.9 Å². The van der Waals surface area contributed by atoms with Crippen LogP contribution < -0.4 is 0 Å². The van der Waals surface area contributed by atoms with Crippen LogP contribution in [0.25, 0.3) is 0 Å². The minimum atomic E-state index is -5.00. The molecule has 0 bridgehead atoms. The number of unbranched alkanes of at least 4 members (excludes halogenated alkanes) is 25. The van der Waals surface area contributed by atoms with Crippen LogP contribution in [-0.4, -0.2) is 96.7 Å². The number of esters is 4. The summed E-state index contributed by atoms with van der Waals surface area (Å²) in [5.74, 6) is -2.28. The van der Waals surface area contributed by atoms with Crippen LogP contribution in [0.1, 0.15) is 310 Å². The minimum absolute atomic E-state index is 0.0637. The van der Waals surface area contributed by atoms with E-state index in [2.05, 4.69) is 149 Å². The molecule has 17 nitrogen and oxygen atoms in total. The van der Waals surface area contributed by atoms with Crippen molar-refractivity contribution in [2.45, 2.75) is 329 Å². The normalized spacial score (nSPS) is 14.6. The molecule has 19 heteroatoms. The standard InChI is InChI=1S/C83H140O17P2/c1-5-9-13-17-21-25-29-33-36-38-41-44-47-51-55-59-63-67-80(85)93-73-78(99-82(87)69-65-61-57-53-49-43-32-28-24-20-16-12-8-4)75-97-101(89,90)95-71-77(84)72-96-102(91,92)98-76-79(100-83(88)70-66-62-58-54-50-46-40-35-31-27-23-19-15-11-7-3)74-94-81(86)68-64-60-56-52-48-45-42-39-37-34-30-26-22-18-14-10-6-2/h9-10,13-14,21-23,25-28,32-37,40,42,45,52,56,77-79,84H,5-8,11-12,15-20,24,29-31,38-39,41,43-44,46-51,53-55,57-76H2,1-4H3,(H,89,90)(H,91,92)/b13-9-,14-10-,25-21-,26-22-,27-23-,32-28-,36-33-,37-34-,40-35-,45-42-,56-52-. The Labute approximate surface area is 618 Å². The smallest absolute Gasteiger partial charge is 0.462 e. The van der Waals surface area contributed by atoms with Gasteiger partial charge in [-0.05, 0) is 154 Å². The molecule has 102 heavy (non-hydrogen) atoms. The summed E-state index contributed by atoms with van der Waals surface area (Å²) in [5.41, 5.74) is 0. The summed E-state index contributed by atoms with van der Waals surface area (Å²) in [4.78, 5) is 73.0. The molecule has 0 aliphatic carbocycles. The van der Waals surface area contributed by atoms with Crippen molar-refractivity contribution >= 4 is 39.5 Å². The van der Waals surface area contributed by atoms with E-state index in [-0.39, 0.29) is 25.7 Å². The molecule has 0 rings (SSSR count). The van der Waals surface area contributed by atoms with E-state index in [1.807, 2.05) is 12.2 Å². The molecular formula is C83H140O17P2. The molecule has 0 amide bonds. The SMILES string of the molecule is CC/C=C\C/C=C\C/C=C\C/C=C\C/C=C\CCCC(=O)OCC(COP(=O)(O)OCC(O)COP(=O)(O)OCC(COC(=O)CCCCCCCCC/C=C\C/C=C\C/C=C\CC)OC(=O)CCCCCCC/C=C\CCCCCC)OC(=O)CCCCCCC/C=C\C/C=C\CCCCC. The van der Waals surface area contributed by atoms with Crippen LogP contribution in [0.4, 0.5) is 0 Å². The quantitative estimate of drug-likeness (QED) is 0.0169. The molecule has 0 fully saturated rings. The fourth-order valence-electron chi connectivity index (χ4n) is 10.1. The highest BCUT2D eigenvalue weighted by atomic mass is 31.2. The molecule has 0 aliphatic heterocycles. The van der Waals surface area contributed by atoms with Gasteiger partial charge in [0.1, 0.15) is 19.3 Å². The van der Waals surface area contributed by atoms with Gasteiger partial charge in [0.05, 0.1) is 26.4 Å². The Kier molecular flexibility index (Phi) is 71.0.